The van der Waals surface area contributed by atoms with Crippen molar-refractivity contribution < 1.29 is 14.3 Å². The average Bonchev–Trinajstić information content (AvgIpc) is 2.94. The van der Waals surface area contributed by atoms with Crippen LogP contribution in [0, 0.1) is 11.3 Å². The summed E-state index contributed by atoms with van der Waals surface area (Å²) in [7, 11) is 1.51. The normalized spacial score (nSPS) is 12.2. The highest BCUT2D eigenvalue weighted by molar-refractivity contribution is 5.80. The molecule has 0 radical (unpaired) electrons. The van der Waals surface area contributed by atoms with Crippen molar-refractivity contribution in [3.63, 3.8) is 0 Å². The van der Waals surface area contributed by atoms with Gasteiger partial charge in [-0.15, -0.1) is 0 Å². The van der Waals surface area contributed by atoms with Crippen LogP contribution < -0.4 is 9.47 Å². The molecule has 3 aromatic rings. The molecule has 3 aromatic carbocycles. The van der Waals surface area contributed by atoms with E-state index in [2.05, 4.69) is 30.3 Å². The molecule has 0 spiro atoms. The van der Waals surface area contributed by atoms with Gasteiger partial charge in [-0.3, -0.25) is 4.79 Å². The van der Waals surface area contributed by atoms with Crippen LogP contribution in [0.15, 0.2) is 66.7 Å². The summed E-state index contributed by atoms with van der Waals surface area (Å²) in [5.41, 5.74) is 5.02. The lowest BCUT2D eigenvalue weighted by molar-refractivity contribution is -0.134. The Labute approximate surface area is 169 Å². The molecular formula is C24H20N2O3. The Balaban J connectivity index is 1.55. The molecule has 4 rings (SSSR count). The van der Waals surface area contributed by atoms with Gasteiger partial charge >= 0.3 is 0 Å². The summed E-state index contributed by atoms with van der Waals surface area (Å²) in [5.74, 6) is 0.766. The molecule has 0 aliphatic carbocycles. The SMILES string of the molecule is COc1cc(C#N)ccc1OCC(=O)N1Cc2ccccc2-c2ccccc2C1. The highest BCUT2D eigenvalue weighted by Crippen LogP contribution is 2.33. The van der Waals surface area contributed by atoms with Crippen LogP contribution in [-0.4, -0.2) is 24.5 Å². The predicted molar refractivity (Wildman–Crippen MR) is 109 cm³/mol. The minimum atomic E-state index is -0.108. The first-order valence-corrected chi connectivity index (χ1v) is 9.34. The highest BCUT2D eigenvalue weighted by atomic mass is 16.5. The van der Waals surface area contributed by atoms with Crippen LogP contribution in [0.5, 0.6) is 11.5 Å². The lowest BCUT2D eigenvalue weighted by atomic mass is 9.97. The van der Waals surface area contributed by atoms with Crippen LogP contribution in [0.1, 0.15) is 16.7 Å². The van der Waals surface area contributed by atoms with Crippen molar-refractivity contribution in [3.05, 3.63) is 83.4 Å². The van der Waals surface area contributed by atoms with Crippen LogP contribution >= 0.6 is 0 Å². The summed E-state index contributed by atoms with van der Waals surface area (Å²) in [6.07, 6.45) is 0. The van der Waals surface area contributed by atoms with E-state index in [4.69, 9.17) is 14.7 Å². The van der Waals surface area contributed by atoms with Crippen LogP contribution in [-0.2, 0) is 17.9 Å². The van der Waals surface area contributed by atoms with Gasteiger partial charge in [0.25, 0.3) is 5.91 Å². The van der Waals surface area contributed by atoms with E-state index in [1.165, 1.54) is 7.11 Å². The number of hydrogen-bond donors (Lipinski definition) is 0. The van der Waals surface area contributed by atoms with E-state index < -0.39 is 0 Å². The van der Waals surface area contributed by atoms with E-state index in [0.29, 0.717) is 30.2 Å². The fourth-order valence-electron chi connectivity index (χ4n) is 3.57. The second kappa shape index (κ2) is 8.07. The molecule has 0 bridgehead atoms. The van der Waals surface area contributed by atoms with Crippen LogP contribution in [0.3, 0.4) is 0 Å². The van der Waals surface area contributed by atoms with E-state index in [-0.39, 0.29) is 12.5 Å². The third kappa shape index (κ3) is 3.78. The fourth-order valence-corrected chi connectivity index (χ4v) is 3.57. The Kier molecular flexibility index (Phi) is 5.17. The summed E-state index contributed by atoms with van der Waals surface area (Å²) in [6, 6.07) is 23.3. The number of carbonyl (C=O) groups excluding carboxylic acids is 1. The first kappa shape index (κ1) is 18.6. The summed E-state index contributed by atoms with van der Waals surface area (Å²) in [5, 5.41) is 9.02. The van der Waals surface area contributed by atoms with Gasteiger partial charge in [0.15, 0.2) is 18.1 Å². The second-order valence-electron chi connectivity index (χ2n) is 6.83. The topological polar surface area (TPSA) is 62.6 Å². The zero-order valence-corrected chi connectivity index (χ0v) is 16.1. The zero-order valence-electron chi connectivity index (χ0n) is 16.1. The molecule has 0 unspecified atom stereocenters. The van der Waals surface area contributed by atoms with Gasteiger partial charge in [-0.05, 0) is 34.4 Å². The van der Waals surface area contributed by atoms with Gasteiger partial charge < -0.3 is 14.4 Å². The van der Waals surface area contributed by atoms with E-state index in [1.54, 1.807) is 23.1 Å². The summed E-state index contributed by atoms with van der Waals surface area (Å²) in [4.78, 5) is 14.8. The molecule has 0 saturated heterocycles. The van der Waals surface area contributed by atoms with Crippen molar-refractivity contribution >= 4 is 5.91 Å². The molecule has 144 valence electrons. The Morgan fingerprint density at radius 1 is 0.966 bits per heavy atom. The molecule has 1 aliphatic rings. The number of nitrogens with zero attached hydrogens (tertiary/aromatic N) is 2. The van der Waals surface area contributed by atoms with Gasteiger partial charge in [-0.25, -0.2) is 0 Å². The van der Waals surface area contributed by atoms with Crippen LogP contribution in [0.25, 0.3) is 11.1 Å². The molecule has 0 N–H and O–H groups in total. The molecule has 1 aliphatic heterocycles. The number of benzene rings is 3. The Bertz CT molecular complexity index is 1050. The van der Waals surface area contributed by atoms with E-state index in [1.807, 2.05) is 24.3 Å². The fraction of sp³-hybridized carbons (Fsp3) is 0.167. The smallest absolute Gasteiger partial charge is 0.261 e. The third-order valence-corrected chi connectivity index (χ3v) is 5.04. The maximum atomic E-state index is 13.0. The maximum Gasteiger partial charge on any atom is 0.261 e. The third-order valence-electron chi connectivity index (χ3n) is 5.04. The van der Waals surface area contributed by atoms with Gasteiger partial charge in [-0.2, -0.15) is 5.26 Å². The monoisotopic (exact) mass is 384 g/mol. The molecule has 0 saturated carbocycles. The summed E-state index contributed by atoms with van der Waals surface area (Å²) >= 11 is 0. The summed E-state index contributed by atoms with van der Waals surface area (Å²) < 4.78 is 11.0. The number of hydrogen-bond acceptors (Lipinski definition) is 4. The number of amides is 1. The van der Waals surface area contributed by atoms with Gasteiger partial charge in [0.2, 0.25) is 0 Å². The predicted octanol–water partition coefficient (Wildman–Crippen LogP) is 4.16. The van der Waals surface area contributed by atoms with Crippen molar-refractivity contribution in [1.29, 1.82) is 5.26 Å². The number of carbonyl (C=O) groups is 1. The van der Waals surface area contributed by atoms with E-state index in [9.17, 15) is 4.79 Å². The molecule has 0 atom stereocenters. The number of methoxy groups -OCH3 is 1. The largest absolute Gasteiger partial charge is 0.493 e. The molecular weight excluding hydrogens is 364 g/mol. The number of nitriles is 1. The number of fused-ring (bicyclic) bond motifs is 3. The maximum absolute atomic E-state index is 13.0. The molecule has 5 nitrogen and oxygen atoms in total. The van der Waals surface area contributed by atoms with Gasteiger partial charge in [0, 0.05) is 19.2 Å². The van der Waals surface area contributed by atoms with Crippen molar-refractivity contribution in [2.24, 2.45) is 0 Å². The van der Waals surface area contributed by atoms with Crippen LogP contribution in [0.2, 0.25) is 0 Å². The van der Waals surface area contributed by atoms with Crippen molar-refractivity contribution in [1.82, 2.24) is 4.90 Å². The average molecular weight is 384 g/mol. The van der Waals surface area contributed by atoms with E-state index >= 15 is 0 Å². The standard InChI is InChI=1S/C24H20N2O3/c1-28-23-12-17(13-25)10-11-22(23)29-16-24(27)26-14-18-6-2-4-8-20(18)21-9-5-3-7-19(21)15-26/h2-12H,14-16H2,1H3. The van der Waals surface area contributed by atoms with Crippen molar-refractivity contribution in [3.8, 4) is 28.7 Å². The molecule has 5 heteroatoms. The minimum Gasteiger partial charge on any atom is -0.493 e. The highest BCUT2D eigenvalue weighted by Gasteiger charge is 2.23. The van der Waals surface area contributed by atoms with Crippen LogP contribution in [0.4, 0.5) is 0 Å². The lowest BCUT2D eigenvalue weighted by Gasteiger charge is -2.22. The lowest BCUT2D eigenvalue weighted by Crippen LogP contribution is -2.33. The summed E-state index contributed by atoms with van der Waals surface area (Å²) in [6.45, 7) is 0.946. The van der Waals surface area contributed by atoms with Gasteiger partial charge in [-0.1, -0.05) is 48.5 Å². The quantitative estimate of drug-likeness (QED) is 0.678. The first-order chi connectivity index (χ1) is 14.2. The molecule has 0 aromatic heterocycles. The molecule has 0 fully saturated rings. The first-order valence-electron chi connectivity index (χ1n) is 9.34. The number of ether oxygens (including phenoxy) is 2. The Morgan fingerprint density at radius 3 is 2.17 bits per heavy atom. The van der Waals surface area contributed by atoms with E-state index in [0.717, 1.165) is 22.3 Å². The molecule has 29 heavy (non-hydrogen) atoms. The zero-order chi connectivity index (χ0) is 20.2. The molecule has 1 amide bonds. The second-order valence-corrected chi connectivity index (χ2v) is 6.83. The van der Waals surface area contributed by atoms with Gasteiger partial charge in [0.05, 0.1) is 18.7 Å². The number of rotatable bonds is 4. The van der Waals surface area contributed by atoms with Crippen molar-refractivity contribution in [2.75, 3.05) is 13.7 Å². The van der Waals surface area contributed by atoms with Gasteiger partial charge in [0.1, 0.15) is 0 Å². The van der Waals surface area contributed by atoms with Crippen molar-refractivity contribution in [2.45, 2.75) is 13.1 Å². The molecule has 1 heterocycles. The minimum absolute atomic E-state index is 0.105. The Morgan fingerprint density at radius 2 is 1.59 bits per heavy atom. The Hall–Kier alpha value is -3.78.